The molecule has 0 radical (unpaired) electrons. The van der Waals surface area contributed by atoms with Gasteiger partial charge in [0.15, 0.2) is 0 Å². The van der Waals surface area contributed by atoms with E-state index in [4.69, 9.17) is 14.7 Å². The maximum Gasteiger partial charge on any atom is 0.306 e. The number of carboxylic acids is 1. The largest absolute Gasteiger partial charge is 0.493 e. The van der Waals surface area contributed by atoms with E-state index in [1.807, 2.05) is 43.3 Å². The lowest BCUT2D eigenvalue weighted by molar-refractivity contribution is -0.137. The van der Waals surface area contributed by atoms with Crippen LogP contribution in [0, 0.1) is 0 Å². The highest BCUT2D eigenvalue weighted by Gasteiger charge is 2.05. The minimum Gasteiger partial charge on any atom is -0.493 e. The molecule has 5 heteroatoms. The summed E-state index contributed by atoms with van der Waals surface area (Å²) in [5, 5.41) is 13.0. The molecule has 154 valence electrons. The first kappa shape index (κ1) is 21.1. The molecule has 3 aromatic rings. The molecule has 0 fully saturated rings. The van der Waals surface area contributed by atoms with Crippen LogP contribution in [0.15, 0.2) is 84.0 Å². The summed E-state index contributed by atoms with van der Waals surface area (Å²) in [6, 6.07) is 25.9. The molecule has 0 saturated carbocycles. The van der Waals surface area contributed by atoms with Gasteiger partial charge in [-0.1, -0.05) is 78.8 Å². The molecule has 1 N–H and O–H groups in total. The van der Waals surface area contributed by atoms with Crippen LogP contribution in [0.5, 0.6) is 5.75 Å². The first-order valence-electron chi connectivity index (χ1n) is 9.94. The van der Waals surface area contributed by atoms with Crippen LogP contribution in [-0.2, 0) is 16.2 Å². The van der Waals surface area contributed by atoms with Crippen molar-refractivity contribution >= 4 is 11.7 Å². The molecule has 0 bridgehead atoms. The van der Waals surface area contributed by atoms with Crippen molar-refractivity contribution in [2.24, 2.45) is 5.16 Å². The highest BCUT2D eigenvalue weighted by atomic mass is 16.6. The smallest absolute Gasteiger partial charge is 0.306 e. The number of ether oxygens (including phenoxy) is 1. The van der Waals surface area contributed by atoms with Crippen molar-refractivity contribution in [1.82, 2.24) is 0 Å². The van der Waals surface area contributed by atoms with E-state index in [1.165, 1.54) is 5.56 Å². The Labute approximate surface area is 176 Å². The van der Waals surface area contributed by atoms with Gasteiger partial charge < -0.3 is 14.7 Å². The highest BCUT2D eigenvalue weighted by molar-refractivity contribution is 6.00. The number of benzene rings is 3. The van der Waals surface area contributed by atoms with Crippen molar-refractivity contribution in [1.29, 1.82) is 0 Å². The van der Waals surface area contributed by atoms with Gasteiger partial charge in [0.25, 0.3) is 0 Å². The average molecular weight is 403 g/mol. The molecule has 30 heavy (non-hydrogen) atoms. The number of carboxylic acid groups (broad SMARTS) is 1. The monoisotopic (exact) mass is 403 g/mol. The number of nitrogens with zero attached hydrogens (tertiary/aromatic N) is 1. The van der Waals surface area contributed by atoms with E-state index in [0.717, 1.165) is 28.8 Å². The van der Waals surface area contributed by atoms with Crippen molar-refractivity contribution in [2.45, 2.75) is 26.4 Å². The predicted molar refractivity (Wildman–Crippen MR) is 118 cm³/mol. The van der Waals surface area contributed by atoms with E-state index in [2.05, 4.69) is 41.6 Å². The minimum atomic E-state index is -0.882. The van der Waals surface area contributed by atoms with Crippen molar-refractivity contribution in [3.63, 3.8) is 0 Å². The van der Waals surface area contributed by atoms with Gasteiger partial charge in [0.1, 0.15) is 12.4 Å². The molecule has 5 nitrogen and oxygen atoms in total. The van der Waals surface area contributed by atoms with Crippen molar-refractivity contribution in [2.75, 3.05) is 6.61 Å². The van der Waals surface area contributed by atoms with Crippen molar-refractivity contribution < 1.29 is 19.5 Å². The third-order valence-corrected chi connectivity index (χ3v) is 4.55. The standard InChI is InChI=1S/C25H25NO4/c1-2-24(22-13-11-21(12-14-22)20-8-4-3-5-9-20)26-30-18-19-7-6-10-23(17-19)29-16-15-25(27)28/h3-14,17H,2,15-16,18H2,1H3,(H,27,28). The number of hydrogen-bond acceptors (Lipinski definition) is 4. The third-order valence-electron chi connectivity index (χ3n) is 4.55. The van der Waals surface area contributed by atoms with Gasteiger partial charge >= 0.3 is 5.97 Å². The molecule has 3 aromatic carbocycles. The zero-order valence-electron chi connectivity index (χ0n) is 17.0. The number of carbonyl (C=O) groups is 1. The summed E-state index contributed by atoms with van der Waals surface area (Å²) < 4.78 is 5.45. The Bertz CT molecular complexity index is 982. The summed E-state index contributed by atoms with van der Waals surface area (Å²) in [5.41, 5.74) is 5.16. The van der Waals surface area contributed by atoms with Crippen molar-refractivity contribution in [3.8, 4) is 16.9 Å². The Morgan fingerprint density at radius 3 is 2.37 bits per heavy atom. The van der Waals surface area contributed by atoms with Crippen molar-refractivity contribution in [3.05, 3.63) is 90.0 Å². The summed E-state index contributed by atoms with van der Waals surface area (Å²) in [5.74, 6) is -0.263. The van der Waals surface area contributed by atoms with Gasteiger partial charge in [-0.15, -0.1) is 0 Å². The van der Waals surface area contributed by atoms with E-state index >= 15 is 0 Å². The van der Waals surface area contributed by atoms with E-state index in [0.29, 0.717) is 12.4 Å². The van der Waals surface area contributed by atoms with Crippen LogP contribution in [0.4, 0.5) is 0 Å². The van der Waals surface area contributed by atoms with E-state index in [1.54, 1.807) is 6.07 Å². The lowest BCUT2D eigenvalue weighted by atomic mass is 10.0. The molecule has 0 spiro atoms. The molecule has 0 atom stereocenters. The summed E-state index contributed by atoms with van der Waals surface area (Å²) >= 11 is 0. The number of rotatable bonds is 10. The fourth-order valence-corrected chi connectivity index (χ4v) is 2.97. The van der Waals surface area contributed by atoms with Crippen LogP contribution in [0.25, 0.3) is 11.1 Å². The predicted octanol–water partition coefficient (Wildman–Crippen LogP) is 5.54. The van der Waals surface area contributed by atoms with Gasteiger partial charge in [-0.25, -0.2) is 0 Å². The Hall–Kier alpha value is -3.60. The number of oxime groups is 1. The molecule has 0 aliphatic heterocycles. The summed E-state index contributed by atoms with van der Waals surface area (Å²) in [6.45, 7) is 2.49. The third kappa shape index (κ3) is 6.21. The Morgan fingerprint density at radius 1 is 0.933 bits per heavy atom. The minimum absolute atomic E-state index is 0.0338. The fraction of sp³-hybridized carbons (Fsp3) is 0.200. The first-order chi connectivity index (χ1) is 14.7. The summed E-state index contributed by atoms with van der Waals surface area (Å²) in [4.78, 5) is 16.2. The van der Waals surface area contributed by atoms with Crippen LogP contribution in [0.2, 0.25) is 0 Å². The molecule has 3 rings (SSSR count). The van der Waals surface area contributed by atoms with E-state index < -0.39 is 5.97 Å². The quantitative estimate of drug-likeness (QED) is 0.357. The van der Waals surface area contributed by atoms with Gasteiger partial charge in [0.05, 0.1) is 18.7 Å². The van der Waals surface area contributed by atoms with Crippen LogP contribution in [0.1, 0.15) is 30.9 Å². The second-order valence-electron chi connectivity index (χ2n) is 6.75. The fourth-order valence-electron chi connectivity index (χ4n) is 2.97. The average Bonchev–Trinajstić information content (AvgIpc) is 2.78. The molecule has 0 amide bonds. The number of hydrogen-bond donors (Lipinski definition) is 1. The zero-order chi connectivity index (χ0) is 21.2. The second kappa shape index (κ2) is 10.8. The maximum absolute atomic E-state index is 10.6. The SMILES string of the molecule is CCC(=NOCc1cccc(OCCC(=O)O)c1)c1ccc(-c2ccccc2)cc1. The molecule has 0 saturated heterocycles. The summed E-state index contributed by atoms with van der Waals surface area (Å²) in [7, 11) is 0. The highest BCUT2D eigenvalue weighted by Crippen LogP contribution is 2.20. The lowest BCUT2D eigenvalue weighted by Crippen LogP contribution is -2.05. The van der Waals surface area contributed by atoms with Gasteiger partial charge in [-0.2, -0.15) is 0 Å². The van der Waals surface area contributed by atoms with E-state index in [-0.39, 0.29) is 13.0 Å². The molecule has 0 aliphatic carbocycles. The Balaban J connectivity index is 1.60. The second-order valence-corrected chi connectivity index (χ2v) is 6.75. The van der Waals surface area contributed by atoms with Gasteiger partial charge in [0, 0.05) is 0 Å². The maximum atomic E-state index is 10.6. The Kier molecular flexibility index (Phi) is 7.61. The van der Waals surface area contributed by atoms with Gasteiger partial charge in [-0.3, -0.25) is 4.79 Å². The lowest BCUT2D eigenvalue weighted by Gasteiger charge is -2.08. The molecule has 0 aromatic heterocycles. The Morgan fingerprint density at radius 2 is 1.67 bits per heavy atom. The topological polar surface area (TPSA) is 68.1 Å². The van der Waals surface area contributed by atoms with Crippen LogP contribution in [0.3, 0.4) is 0 Å². The zero-order valence-corrected chi connectivity index (χ0v) is 17.0. The van der Waals surface area contributed by atoms with Crippen LogP contribution >= 0.6 is 0 Å². The first-order valence-corrected chi connectivity index (χ1v) is 9.94. The van der Waals surface area contributed by atoms with Crippen LogP contribution in [-0.4, -0.2) is 23.4 Å². The van der Waals surface area contributed by atoms with Crippen LogP contribution < -0.4 is 4.74 Å². The molecule has 0 unspecified atom stereocenters. The molecule has 0 heterocycles. The molecular weight excluding hydrogens is 378 g/mol. The van der Waals surface area contributed by atoms with Gasteiger partial charge in [0.2, 0.25) is 0 Å². The molecule has 0 aliphatic rings. The number of aliphatic carboxylic acids is 1. The van der Waals surface area contributed by atoms with E-state index in [9.17, 15) is 4.79 Å². The molecular formula is C25H25NO4. The summed E-state index contributed by atoms with van der Waals surface area (Å²) in [6.07, 6.45) is 0.719. The normalized spacial score (nSPS) is 11.2. The van der Waals surface area contributed by atoms with Gasteiger partial charge in [-0.05, 0) is 40.8 Å².